The van der Waals surface area contributed by atoms with Gasteiger partial charge >= 0.3 is 0 Å². The lowest BCUT2D eigenvalue weighted by Crippen LogP contribution is -1.83. The average molecular weight is 196 g/mol. The first-order chi connectivity index (χ1) is 6.20. The number of fused-ring (bicyclic) bond motifs is 1. The van der Waals surface area contributed by atoms with Crippen molar-refractivity contribution in [1.29, 1.82) is 0 Å². The number of aromatic amines is 1. The summed E-state index contributed by atoms with van der Waals surface area (Å²) >= 11 is 5.97. The number of aryl methyl sites for hydroxylation is 1. The summed E-state index contributed by atoms with van der Waals surface area (Å²) in [5.41, 5.74) is 2.18. The van der Waals surface area contributed by atoms with Crippen molar-refractivity contribution in [1.82, 2.24) is 4.98 Å². The fourth-order valence-corrected chi connectivity index (χ4v) is 1.68. The van der Waals surface area contributed by atoms with Gasteiger partial charge in [0.2, 0.25) is 0 Å². The Labute approximate surface area is 81.5 Å². The van der Waals surface area contributed by atoms with Crippen LogP contribution in [-0.4, -0.2) is 12.1 Å². The third kappa shape index (κ3) is 1.38. The number of nitrogens with one attached hydrogen (secondary N) is 1. The molecule has 0 fully saturated rings. The summed E-state index contributed by atoms with van der Waals surface area (Å²) < 4.78 is 5.11. The van der Waals surface area contributed by atoms with Crippen LogP contribution in [-0.2, 0) is 0 Å². The van der Waals surface area contributed by atoms with Crippen molar-refractivity contribution in [3.05, 3.63) is 28.9 Å². The van der Waals surface area contributed by atoms with Gasteiger partial charge in [-0.2, -0.15) is 0 Å². The molecule has 2 aromatic rings. The Bertz CT molecular complexity index is 447. The molecule has 0 bridgehead atoms. The van der Waals surface area contributed by atoms with Crippen molar-refractivity contribution in [3.63, 3.8) is 0 Å². The van der Waals surface area contributed by atoms with Crippen LogP contribution in [0.3, 0.4) is 0 Å². The van der Waals surface area contributed by atoms with Gasteiger partial charge in [0.25, 0.3) is 0 Å². The highest BCUT2D eigenvalue weighted by atomic mass is 35.5. The van der Waals surface area contributed by atoms with Gasteiger partial charge in [0.1, 0.15) is 5.75 Å². The van der Waals surface area contributed by atoms with Crippen molar-refractivity contribution in [2.75, 3.05) is 7.11 Å². The Kier molecular flexibility index (Phi) is 1.93. The van der Waals surface area contributed by atoms with Crippen LogP contribution in [0.1, 0.15) is 5.69 Å². The Morgan fingerprint density at radius 1 is 1.31 bits per heavy atom. The first-order valence-corrected chi connectivity index (χ1v) is 4.41. The highest BCUT2D eigenvalue weighted by Crippen LogP contribution is 2.29. The SMILES string of the molecule is COc1cc2[nH]c(C)cc2cc1Cl. The molecular formula is C10H10ClNO. The molecule has 0 aliphatic rings. The Hall–Kier alpha value is -1.15. The average Bonchev–Trinajstić information content (AvgIpc) is 2.42. The zero-order valence-electron chi connectivity index (χ0n) is 7.52. The lowest BCUT2D eigenvalue weighted by Gasteiger charge is -2.01. The maximum atomic E-state index is 5.97. The summed E-state index contributed by atoms with van der Waals surface area (Å²) in [5.74, 6) is 0.705. The van der Waals surface area contributed by atoms with E-state index in [2.05, 4.69) is 11.1 Å². The Balaban J connectivity index is 2.72. The number of hydrogen-bond donors (Lipinski definition) is 1. The highest BCUT2D eigenvalue weighted by molar-refractivity contribution is 6.32. The van der Waals surface area contributed by atoms with E-state index in [9.17, 15) is 0 Å². The quantitative estimate of drug-likeness (QED) is 0.743. The predicted molar refractivity (Wildman–Crippen MR) is 54.6 cm³/mol. The van der Waals surface area contributed by atoms with Gasteiger partial charge in [-0.05, 0) is 19.1 Å². The van der Waals surface area contributed by atoms with Gasteiger partial charge in [0, 0.05) is 22.7 Å². The number of aromatic nitrogens is 1. The van der Waals surface area contributed by atoms with Crippen molar-refractivity contribution in [2.45, 2.75) is 6.92 Å². The lowest BCUT2D eigenvalue weighted by atomic mass is 10.2. The van der Waals surface area contributed by atoms with E-state index in [1.807, 2.05) is 19.1 Å². The summed E-state index contributed by atoms with van der Waals surface area (Å²) in [5, 5.41) is 1.76. The minimum atomic E-state index is 0.647. The summed E-state index contributed by atoms with van der Waals surface area (Å²) in [4.78, 5) is 3.22. The monoisotopic (exact) mass is 195 g/mol. The second kappa shape index (κ2) is 2.96. The number of methoxy groups -OCH3 is 1. The van der Waals surface area contributed by atoms with E-state index in [1.165, 1.54) is 0 Å². The molecule has 13 heavy (non-hydrogen) atoms. The minimum Gasteiger partial charge on any atom is -0.495 e. The molecule has 2 rings (SSSR count). The molecule has 3 heteroatoms. The van der Waals surface area contributed by atoms with Gasteiger partial charge in [-0.25, -0.2) is 0 Å². The molecule has 1 aromatic heterocycles. The topological polar surface area (TPSA) is 25.0 Å². The zero-order chi connectivity index (χ0) is 9.42. The van der Waals surface area contributed by atoms with Crippen molar-refractivity contribution >= 4 is 22.5 Å². The van der Waals surface area contributed by atoms with Crippen molar-refractivity contribution in [3.8, 4) is 5.75 Å². The Morgan fingerprint density at radius 3 is 2.77 bits per heavy atom. The Morgan fingerprint density at radius 2 is 2.08 bits per heavy atom. The van der Waals surface area contributed by atoms with Crippen LogP contribution in [0.5, 0.6) is 5.75 Å². The smallest absolute Gasteiger partial charge is 0.139 e. The molecule has 0 amide bonds. The summed E-state index contributed by atoms with van der Waals surface area (Å²) in [7, 11) is 1.61. The molecule has 2 nitrogen and oxygen atoms in total. The molecule has 1 N–H and O–H groups in total. The largest absolute Gasteiger partial charge is 0.495 e. The summed E-state index contributed by atoms with van der Waals surface area (Å²) in [6.07, 6.45) is 0. The number of halogens is 1. The van der Waals surface area contributed by atoms with Crippen LogP contribution in [0.2, 0.25) is 5.02 Å². The molecular weight excluding hydrogens is 186 g/mol. The molecule has 0 aliphatic carbocycles. The van der Waals surface area contributed by atoms with E-state index in [0.29, 0.717) is 10.8 Å². The number of ether oxygens (including phenoxy) is 1. The number of hydrogen-bond acceptors (Lipinski definition) is 1. The van der Waals surface area contributed by atoms with Gasteiger partial charge < -0.3 is 9.72 Å². The molecule has 0 unspecified atom stereocenters. The zero-order valence-corrected chi connectivity index (χ0v) is 8.27. The van der Waals surface area contributed by atoms with Crippen molar-refractivity contribution < 1.29 is 4.74 Å². The molecule has 0 aliphatic heterocycles. The molecule has 68 valence electrons. The van der Waals surface area contributed by atoms with Gasteiger partial charge in [0.15, 0.2) is 0 Å². The van der Waals surface area contributed by atoms with Crippen molar-refractivity contribution in [2.24, 2.45) is 0 Å². The van der Waals surface area contributed by atoms with Crippen LogP contribution in [0, 0.1) is 6.92 Å². The number of H-pyrrole nitrogens is 1. The normalized spacial score (nSPS) is 10.7. The molecule has 1 heterocycles. The fourth-order valence-electron chi connectivity index (χ4n) is 1.43. The molecule has 0 saturated carbocycles. The van der Waals surface area contributed by atoms with E-state index in [4.69, 9.17) is 16.3 Å². The van der Waals surface area contributed by atoms with E-state index in [1.54, 1.807) is 7.11 Å². The van der Waals surface area contributed by atoms with Gasteiger partial charge in [-0.15, -0.1) is 0 Å². The van der Waals surface area contributed by atoms with Crippen LogP contribution < -0.4 is 4.74 Å². The minimum absolute atomic E-state index is 0.647. The van der Waals surface area contributed by atoms with Gasteiger partial charge in [-0.3, -0.25) is 0 Å². The first-order valence-electron chi connectivity index (χ1n) is 4.03. The molecule has 0 radical (unpaired) electrons. The van der Waals surface area contributed by atoms with Crippen LogP contribution in [0.4, 0.5) is 0 Å². The van der Waals surface area contributed by atoms with Gasteiger partial charge in [0.05, 0.1) is 12.1 Å². The summed E-state index contributed by atoms with van der Waals surface area (Å²) in [6, 6.07) is 5.87. The lowest BCUT2D eigenvalue weighted by molar-refractivity contribution is 0.415. The summed E-state index contributed by atoms with van der Waals surface area (Å²) in [6.45, 7) is 2.01. The van der Waals surface area contributed by atoms with Crippen LogP contribution >= 0.6 is 11.6 Å². The number of benzene rings is 1. The van der Waals surface area contributed by atoms with Crippen LogP contribution in [0.15, 0.2) is 18.2 Å². The third-order valence-electron chi connectivity index (χ3n) is 2.03. The molecule has 0 spiro atoms. The molecule has 1 aromatic carbocycles. The number of rotatable bonds is 1. The van der Waals surface area contributed by atoms with E-state index in [-0.39, 0.29) is 0 Å². The standard InChI is InChI=1S/C10H10ClNO/c1-6-3-7-4-8(11)10(13-2)5-9(7)12-6/h3-5,12H,1-2H3. The molecule has 0 saturated heterocycles. The molecule has 0 atom stereocenters. The second-order valence-corrected chi connectivity index (χ2v) is 3.43. The maximum absolute atomic E-state index is 5.97. The van der Waals surface area contributed by atoms with E-state index < -0.39 is 0 Å². The predicted octanol–water partition coefficient (Wildman–Crippen LogP) is 3.14. The maximum Gasteiger partial charge on any atom is 0.139 e. The first kappa shape index (κ1) is 8.45. The second-order valence-electron chi connectivity index (χ2n) is 3.03. The van der Waals surface area contributed by atoms with E-state index in [0.717, 1.165) is 16.6 Å². The third-order valence-corrected chi connectivity index (χ3v) is 2.32. The van der Waals surface area contributed by atoms with E-state index >= 15 is 0 Å². The highest BCUT2D eigenvalue weighted by Gasteiger charge is 2.04. The van der Waals surface area contributed by atoms with Crippen LogP contribution in [0.25, 0.3) is 10.9 Å². The van der Waals surface area contributed by atoms with Gasteiger partial charge in [-0.1, -0.05) is 11.6 Å². The fraction of sp³-hybridized carbons (Fsp3) is 0.200.